The molecule has 0 N–H and O–H groups in total. The third-order valence-electron chi connectivity index (χ3n) is 6.80. The summed E-state index contributed by atoms with van der Waals surface area (Å²) in [6.45, 7) is 15.7. The summed E-state index contributed by atoms with van der Waals surface area (Å²) in [6, 6.07) is 11.7. The lowest BCUT2D eigenvalue weighted by atomic mass is 9.71. The van der Waals surface area contributed by atoms with Gasteiger partial charge in [0.05, 0.1) is 0 Å². The summed E-state index contributed by atoms with van der Waals surface area (Å²) in [6.07, 6.45) is 6.46. The van der Waals surface area contributed by atoms with Gasteiger partial charge in [0.2, 0.25) is 0 Å². The topological polar surface area (TPSA) is 0 Å². The summed E-state index contributed by atoms with van der Waals surface area (Å²) in [4.78, 5) is 1.14. The minimum atomic E-state index is 0.00356. The number of aryl methyl sites for hydroxylation is 4. The maximum absolute atomic E-state index is 4.39. The molecule has 0 fully saturated rings. The monoisotopic (exact) mass is 402 g/mol. The molecule has 1 aliphatic rings. The van der Waals surface area contributed by atoms with Gasteiger partial charge in [-0.05, 0) is 85.2 Å². The van der Waals surface area contributed by atoms with Crippen LogP contribution in [0.1, 0.15) is 73.4 Å². The Morgan fingerprint density at radius 1 is 1.00 bits per heavy atom. The molecule has 0 unspecified atom stereocenters. The van der Waals surface area contributed by atoms with E-state index in [4.69, 9.17) is 0 Å². The molecule has 0 radical (unpaired) electrons. The maximum atomic E-state index is 4.39. The van der Waals surface area contributed by atoms with E-state index in [9.17, 15) is 0 Å². The first-order valence-corrected chi connectivity index (χ1v) is 11.8. The first-order valence-electron chi connectivity index (χ1n) is 10.9. The van der Waals surface area contributed by atoms with Gasteiger partial charge in [-0.25, -0.2) is 0 Å². The molecule has 3 rings (SSSR count). The van der Waals surface area contributed by atoms with Gasteiger partial charge in [0.1, 0.15) is 7.85 Å². The van der Waals surface area contributed by atoms with E-state index in [0.717, 1.165) is 4.91 Å². The van der Waals surface area contributed by atoms with Crippen LogP contribution < -0.4 is 5.46 Å². The van der Waals surface area contributed by atoms with Gasteiger partial charge in [-0.2, -0.15) is 0 Å². The van der Waals surface area contributed by atoms with Crippen LogP contribution in [0.25, 0.3) is 4.91 Å². The molecule has 0 amide bonds. The van der Waals surface area contributed by atoms with Crippen molar-refractivity contribution in [1.82, 2.24) is 0 Å². The van der Waals surface area contributed by atoms with Crippen LogP contribution in [-0.2, 0) is 18.3 Å². The molecule has 0 aliphatic heterocycles. The predicted molar refractivity (Wildman–Crippen MR) is 135 cm³/mol. The Balaban J connectivity index is 1.79. The van der Waals surface area contributed by atoms with Gasteiger partial charge >= 0.3 is 0 Å². The van der Waals surface area contributed by atoms with Crippen LogP contribution in [0.5, 0.6) is 0 Å². The van der Waals surface area contributed by atoms with E-state index >= 15 is 0 Å². The Bertz CT molecular complexity index is 949. The summed E-state index contributed by atoms with van der Waals surface area (Å²) in [7, 11) is 2.23. The third-order valence-corrected chi connectivity index (χ3v) is 7.79. The summed E-state index contributed by atoms with van der Waals surface area (Å²) < 4.78 is 0. The second kappa shape index (κ2) is 9.00. The largest absolute Gasteiger partial charge is 0.139 e. The molecular formula is C27H35BS. The second-order valence-electron chi connectivity index (χ2n) is 9.26. The molecule has 0 saturated carbocycles. The van der Waals surface area contributed by atoms with Gasteiger partial charge in [-0.3, -0.25) is 0 Å². The zero-order chi connectivity index (χ0) is 21.2. The number of rotatable bonds is 5. The Labute approximate surface area is 183 Å². The fourth-order valence-corrected chi connectivity index (χ4v) is 5.18. The fraction of sp³-hybridized carbons (Fsp3) is 0.407. The van der Waals surface area contributed by atoms with E-state index in [0.29, 0.717) is 0 Å². The molecule has 0 aromatic heterocycles. The summed E-state index contributed by atoms with van der Waals surface area (Å²) >= 11 is 1.77. The molecule has 2 heteroatoms. The average Bonchev–Trinajstić information content (AvgIpc) is 2.93. The predicted octanol–water partition coefficient (Wildman–Crippen LogP) is 6.42. The van der Waals surface area contributed by atoms with Crippen molar-refractivity contribution in [1.29, 1.82) is 0 Å². The molecular weight excluding hydrogens is 367 g/mol. The third kappa shape index (κ3) is 4.91. The van der Waals surface area contributed by atoms with Crippen LogP contribution in [0.2, 0.25) is 0 Å². The van der Waals surface area contributed by atoms with Crippen LogP contribution in [0, 0.1) is 13.8 Å². The molecule has 0 spiro atoms. The average molecular weight is 402 g/mol. The summed E-state index contributed by atoms with van der Waals surface area (Å²) in [5.74, 6) is 0. The van der Waals surface area contributed by atoms with Gasteiger partial charge in [0.25, 0.3) is 0 Å². The lowest BCUT2D eigenvalue weighted by Gasteiger charge is -2.29. The number of allylic oxidation sites excluding steroid dienone is 1. The molecule has 152 valence electrons. The number of thioether (sulfide) groups is 1. The quantitative estimate of drug-likeness (QED) is 0.411. The first-order chi connectivity index (χ1) is 13.7. The summed E-state index contributed by atoms with van der Waals surface area (Å²) in [5.41, 5.74) is 11.3. The van der Waals surface area contributed by atoms with Crippen LogP contribution in [-0.4, -0.2) is 7.85 Å². The van der Waals surface area contributed by atoms with Crippen molar-refractivity contribution < 1.29 is 0 Å². The highest BCUT2D eigenvalue weighted by molar-refractivity contribution is 8.10. The normalized spacial score (nSPS) is 15.0. The minimum Gasteiger partial charge on any atom is -0.0981 e. The Kier molecular flexibility index (Phi) is 6.84. The van der Waals surface area contributed by atoms with E-state index < -0.39 is 0 Å². The smallest absolute Gasteiger partial charge is 0.0981 e. The summed E-state index contributed by atoms with van der Waals surface area (Å²) in [5, 5.41) is 2.31. The van der Waals surface area contributed by atoms with E-state index in [1.54, 1.807) is 17.3 Å². The van der Waals surface area contributed by atoms with Gasteiger partial charge in [0, 0.05) is 10.3 Å². The molecule has 0 atom stereocenters. The van der Waals surface area contributed by atoms with Crippen LogP contribution >= 0.6 is 11.8 Å². The highest BCUT2D eigenvalue weighted by atomic mass is 32.2. The zero-order valence-corrected chi connectivity index (χ0v) is 19.9. The van der Waals surface area contributed by atoms with Crippen molar-refractivity contribution >= 4 is 30.0 Å². The van der Waals surface area contributed by atoms with Crippen LogP contribution in [0.3, 0.4) is 0 Å². The van der Waals surface area contributed by atoms with E-state index in [1.165, 1.54) is 71.0 Å². The molecule has 0 nitrogen and oxygen atoms in total. The van der Waals surface area contributed by atoms with Crippen molar-refractivity contribution in [3.05, 3.63) is 81.3 Å². The maximum Gasteiger partial charge on any atom is 0.139 e. The fourth-order valence-electron chi connectivity index (χ4n) is 4.30. The number of fused-ring (bicyclic) bond motifs is 1. The number of hydrogen-bond acceptors (Lipinski definition) is 1. The van der Waals surface area contributed by atoms with E-state index in [1.807, 2.05) is 0 Å². The van der Waals surface area contributed by atoms with Gasteiger partial charge < -0.3 is 0 Å². The van der Waals surface area contributed by atoms with Crippen molar-refractivity contribution in [2.24, 2.45) is 0 Å². The van der Waals surface area contributed by atoms with Crippen molar-refractivity contribution in [2.45, 2.75) is 72.1 Å². The van der Waals surface area contributed by atoms with Gasteiger partial charge in [-0.15, -0.1) is 0 Å². The van der Waals surface area contributed by atoms with Crippen molar-refractivity contribution in [3.8, 4) is 0 Å². The molecule has 0 bridgehead atoms. The van der Waals surface area contributed by atoms with Crippen molar-refractivity contribution in [2.75, 3.05) is 0 Å². The lowest BCUT2D eigenvalue weighted by molar-refractivity contribution is 0.628. The minimum absolute atomic E-state index is 0.00356. The standard InChI is InChI=1S/C27H35BS/c1-18-14-25(26(28)15-19(18)2)27(5,6)20(3)17-29-21(4)23-13-12-22-10-8-7-9-11-24(22)16-23/h12-17H,4,7-11,28H2,1-3,5-6H3/b20-17+. The second-order valence-corrected chi connectivity index (χ2v) is 10.2. The van der Waals surface area contributed by atoms with Gasteiger partial charge in [0.15, 0.2) is 0 Å². The number of hydrogen-bond donors (Lipinski definition) is 0. The highest BCUT2D eigenvalue weighted by Gasteiger charge is 2.25. The van der Waals surface area contributed by atoms with Crippen LogP contribution in [0.4, 0.5) is 0 Å². The molecule has 29 heavy (non-hydrogen) atoms. The zero-order valence-electron chi connectivity index (χ0n) is 19.1. The SMILES string of the molecule is Bc1cc(C)c(C)cc1C(C)(C)/C(C)=C/SC(=C)c1ccc2c(c1)CCCCC2. The molecule has 2 aromatic rings. The van der Waals surface area contributed by atoms with E-state index in [2.05, 4.69) is 84.8 Å². The van der Waals surface area contributed by atoms with E-state index in [-0.39, 0.29) is 5.41 Å². The Hall–Kier alpha value is -1.67. The molecule has 2 aromatic carbocycles. The Morgan fingerprint density at radius 2 is 1.66 bits per heavy atom. The lowest BCUT2D eigenvalue weighted by Crippen LogP contribution is -2.28. The molecule has 1 aliphatic carbocycles. The molecule has 0 heterocycles. The number of benzene rings is 2. The highest BCUT2D eigenvalue weighted by Crippen LogP contribution is 2.36. The van der Waals surface area contributed by atoms with Gasteiger partial charge in [-0.1, -0.05) is 80.0 Å². The van der Waals surface area contributed by atoms with Crippen molar-refractivity contribution in [3.63, 3.8) is 0 Å². The molecule has 0 saturated heterocycles. The Morgan fingerprint density at radius 3 is 2.38 bits per heavy atom. The van der Waals surface area contributed by atoms with Crippen LogP contribution in [0.15, 0.2) is 47.9 Å². The first kappa shape index (κ1) is 22.0.